The molecule has 1 aromatic carbocycles. The average molecular weight is 530 g/mol. The smallest absolute Gasteiger partial charge is 0.275 e. The van der Waals surface area contributed by atoms with Crippen LogP contribution in [0.5, 0.6) is 0 Å². The quantitative estimate of drug-likeness (QED) is 0.362. The maximum atomic E-state index is 14.7. The van der Waals surface area contributed by atoms with Crippen molar-refractivity contribution in [2.24, 2.45) is 0 Å². The van der Waals surface area contributed by atoms with Gasteiger partial charge in [0.25, 0.3) is 12.3 Å². The summed E-state index contributed by atoms with van der Waals surface area (Å²) in [7, 11) is 0. The van der Waals surface area contributed by atoms with Crippen molar-refractivity contribution in [3.05, 3.63) is 77.0 Å². The van der Waals surface area contributed by atoms with Crippen molar-refractivity contribution in [1.29, 1.82) is 0 Å². The van der Waals surface area contributed by atoms with E-state index in [4.69, 9.17) is 13.0 Å². The van der Waals surface area contributed by atoms with Crippen LogP contribution in [0.3, 0.4) is 0 Å². The minimum atomic E-state index is -3.00. The normalized spacial score (nSPS) is 15.2. The maximum absolute atomic E-state index is 14.7. The molecule has 0 unspecified atom stereocenters. The van der Waals surface area contributed by atoms with Crippen molar-refractivity contribution in [3.63, 3.8) is 0 Å². The summed E-state index contributed by atoms with van der Waals surface area (Å²) in [6.45, 7) is 3.39. The summed E-state index contributed by atoms with van der Waals surface area (Å²) in [6, 6.07) is 0.637. The molecule has 1 atom stereocenters. The molecule has 3 aromatic heterocycles. The molecule has 0 saturated carbocycles. The molecule has 1 N–H and O–H groups in total. The van der Waals surface area contributed by atoms with Crippen molar-refractivity contribution in [1.82, 2.24) is 29.7 Å². The van der Waals surface area contributed by atoms with E-state index < -0.39 is 35.3 Å². The summed E-state index contributed by atoms with van der Waals surface area (Å²) < 4.78 is 51.7. The van der Waals surface area contributed by atoms with Crippen LogP contribution in [0.1, 0.15) is 48.8 Å². The Morgan fingerprint density at radius 3 is 2.59 bits per heavy atom. The fourth-order valence-electron chi connectivity index (χ4n) is 3.69. The molecule has 4 heterocycles. The first-order valence-electron chi connectivity index (χ1n) is 11.7. The zero-order valence-electron chi connectivity index (χ0n) is 20.4. The van der Waals surface area contributed by atoms with Gasteiger partial charge >= 0.3 is 0 Å². The number of halogens is 4. The van der Waals surface area contributed by atoms with Gasteiger partial charge < -0.3 is 10.2 Å². The largest absolute Gasteiger partial charge is 0.341 e. The number of hydrogen-bond donors (Lipinski definition) is 1. The molecule has 190 valence electrons. The Bertz CT molecular complexity index is 1490. The maximum Gasteiger partial charge on any atom is 0.275 e. The van der Waals surface area contributed by atoms with E-state index in [0.717, 1.165) is 44.0 Å². The van der Waals surface area contributed by atoms with Gasteiger partial charge in [0.2, 0.25) is 5.95 Å². The van der Waals surface area contributed by atoms with Crippen LogP contribution in [0.4, 0.5) is 24.8 Å². The summed E-state index contributed by atoms with van der Waals surface area (Å²) in [5.74, 6) is -1.23. The zero-order valence-corrected chi connectivity index (χ0v) is 20.1. The number of aromatic nitrogens is 6. The van der Waals surface area contributed by atoms with E-state index in [1.807, 2.05) is 4.90 Å². The third-order valence-electron chi connectivity index (χ3n) is 5.86. The standard InChI is InChI=1S/C24H20ClF3N8O/c1-13(14-7-30-24(31-8-14)35-5-2-6-35)36-12-15(9-32-36)33-23(37)19-11-29-10-18(34-19)20-16(22(27)28)3-4-17(25)21(20)26/h3-4,7-13,22H,2,5-6H2,1H3,(H,33,37)/t13-/m0/s1/i13D. The molecule has 1 aliphatic rings. The van der Waals surface area contributed by atoms with Crippen LogP contribution < -0.4 is 10.2 Å². The Labute approximate surface area is 215 Å². The molecule has 1 saturated heterocycles. The molecule has 1 fully saturated rings. The number of carbonyl (C=O) groups excluding carboxylic acids is 1. The van der Waals surface area contributed by atoms with E-state index >= 15 is 0 Å². The van der Waals surface area contributed by atoms with Gasteiger partial charge in [0.05, 0.1) is 42.4 Å². The van der Waals surface area contributed by atoms with Gasteiger partial charge in [-0.05, 0) is 19.4 Å². The Hall–Kier alpha value is -4.06. The molecule has 0 radical (unpaired) electrons. The van der Waals surface area contributed by atoms with Crippen LogP contribution in [-0.2, 0) is 0 Å². The molecule has 1 aliphatic heterocycles. The first kappa shape index (κ1) is 23.3. The topological polar surface area (TPSA) is 102 Å². The number of amides is 1. The highest BCUT2D eigenvalue weighted by atomic mass is 35.5. The SMILES string of the molecule is [2H][C@](C)(c1cnc(N2CCC2)nc1)n1cc(NC(=O)c2cncc(-c3c(C(F)F)ccc(Cl)c3F)n2)cn1. The first-order valence-corrected chi connectivity index (χ1v) is 11.6. The summed E-state index contributed by atoms with van der Waals surface area (Å²) in [4.78, 5) is 31.4. The van der Waals surface area contributed by atoms with Crippen LogP contribution in [0.2, 0.25) is 5.02 Å². The number of hydrogen-bond acceptors (Lipinski definition) is 7. The van der Waals surface area contributed by atoms with Gasteiger partial charge in [-0.25, -0.2) is 28.1 Å². The molecular formula is C24H20ClF3N8O. The lowest BCUT2D eigenvalue weighted by atomic mass is 10.0. The molecule has 13 heteroatoms. The number of carbonyl (C=O) groups is 1. The predicted octanol–water partition coefficient (Wildman–Crippen LogP) is 4.93. The van der Waals surface area contributed by atoms with Crippen molar-refractivity contribution in [2.75, 3.05) is 23.3 Å². The van der Waals surface area contributed by atoms with Crippen LogP contribution in [0.15, 0.2) is 49.3 Å². The van der Waals surface area contributed by atoms with Crippen LogP contribution in [0, 0.1) is 5.82 Å². The van der Waals surface area contributed by atoms with E-state index in [1.54, 1.807) is 19.3 Å². The van der Waals surface area contributed by atoms with Gasteiger partial charge in [0.15, 0.2) is 5.82 Å². The van der Waals surface area contributed by atoms with Gasteiger partial charge in [-0.3, -0.25) is 14.5 Å². The third-order valence-corrected chi connectivity index (χ3v) is 6.16. The molecule has 37 heavy (non-hydrogen) atoms. The second-order valence-corrected chi connectivity index (χ2v) is 8.65. The van der Waals surface area contributed by atoms with Crippen molar-refractivity contribution in [2.45, 2.75) is 25.8 Å². The Kier molecular flexibility index (Phi) is 6.39. The summed E-state index contributed by atoms with van der Waals surface area (Å²) >= 11 is 5.78. The second-order valence-electron chi connectivity index (χ2n) is 8.24. The van der Waals surface area contributed by atoms with Crippen molar-refractivity contribution in [3.8, 4) is 11.3 Å². The molecule has 0 spiro atoms. The van der Waals surface area contributed by atoms with Gasteiger partial charge in [-0.15, -0.1) is 0 Å². The van der Waals surface area contributed by atoms with E-state index in [2.05, 4.69) is 30.4 Å². The minimum absolute atomic E-state index is 0.237. The lowest BCUT2D eigenvalue weighted by molar-refractivity contribution is 0.102. The highest BCUT2D eigenvalue weighted by molar-refractivity contribution is 6.31. The Morgan fingerprint density at radius 2 is 1.92 bits per heavy atom. The van der Waals surface area contributed by atoms with Crippen LogP contribution in [-0.4, -0.2) is 48.7 Å². The minimum Gasteiger partial charge on any atom is -0.341 e. The number of rotatable bonds is 7. The van der Waals surface area contributed by atoms with E-state index in [1.165, 1.54) is 17.1 Å². The third kappa shape index (κ3) is 4.96. The van der Waals surface area contributed by atoms with Gasteiger partial charge in [0, 0.05) is 48.4 Å². The van der Waals surface area contributed by atoms with Crippen LogP contribution >= 0.6 is 11.6 Å². The molecule has 0 bridgehead atoms. The number of alkyl halides is 2. The number of benzene rings is 1. The Balaban J connectivity index is 1.35. The predicted molar refractivity (Wildman–Crippen MR) is 130 cm³/mol. The van der Waals surface area contributed by atoms with Crippen molar-refractivity contribution < 1.29 is 19.3 Å². The Morgan fingerprint density at radius 1 is 1.16 bits per heavy atom. The van der Waals surface area contributed by atoms with Gasteiger partial charge in [0.1, 0.15) is 5.69 Å². The fourth-order valence-corrected chi connectivity index (χ4v) is 3.85. The number of anilines is 2. The molecule has 5 rings (SSSR count). The molecule has 1 amide bonds. The highest BCUT2D eigenvalue weighted by Crippen LogP contribution is 2.35. The second kappa shape index (κ2) is 10.1. The lowest BCUT2D eigenvalue weighted by Crippen LogP contribution is -2.38. The molecule has 4 aromatic rings. The number of nitrogens with zero attached hydrogens (tertiary/aromatic N) is 7. The summed E-state index contributed by atoms with van der Waals surface area (Å²) in [6.07, 6.45) is 6.18. The van der Waals surface area contributed by atoms with Crippen molar-refractivity contribution >= 4 is 29.1 Å². The summed E-state index contributed by atoms with van der Waals surface area (Å²) in [5.41, 5.74) is -0.963. The van der Waals surface area contributed by atoms with Gasteiger partial charge in [-0.1, -0.05) is 17.7 Å². The molecule has 9 nitrogen and oxygen atoms in total. The average Bonchev–Trinajstić information content (AvgIpc) is 3.34. The van der Waals surface area contributed by atoms with E-state index in [0.29, 0.717) is 11.5 Å². The number of nitrogens with one attached hydrogen (secondary N) is 1. The van der Waals surface area contributed by atoms with E-state index in [-0.39, 0.29) is 22.1 Å². The zero-order chi connectivity index (χ0) is 27.0. The lowest BCUT2D eigenvalue weighted by Gasteiger charge is -2.30. The molecular weight excluding hydrogens is 509 g/mol. The van der Waals surface area contributed by atoms with Gasteiger partial charge in [-0.2, -0.15) is 5.10 Å². The summed E-state index contributed by atoms with van der Waals surface area (Å²) in [5, 5.41) is 6.38. The first-order chi connectivity index (χ1) is 18.1. The van der Waals surface area contributed by atoms with Crippen LogP contribution in [0.25, 0.3) is 11.3 Å². The fraction of sp³-hybridized carbons (Fsp3) is 0.250. The highest BCUT2D eigenvalue weighted by Gasteiger charge is 2.23. The molecule has 0 aliphatic carbocycles. The monoisotopic (exact) mass is 529 g/mol. The van der Waals surface area contributed by atoms with E-state index in [9.17, 15) is 18.0 Å².